The monoisotopic (exact) mass is 360 g/mol. The highest BCUT2D eigenvalue weighted by molar-refractivity contribution is 6.04. The molecule has 26 heavy (non-hydrogen) atoms. The Labute approximate surface area is 148 Å². The number of halogens is 3. The van der Waals surface area contributed by atoms with Crippen molar-refractivity contribution in [2.45, 2.75) is 24.9 Å². The molecule has 0 radical (unpaired) electrons. The van der Waals surface area contributed by atoms with Crippen LogP contribution in [0.25, 0.3) is 0 Å². The van der Waals surface area contributed by atoms with E-state index in [0.29, 0.717) is 0 Å². The van der Waals surface area contributed by atoms with Gasteiger partial charge >= 0.3 is 6.18 Å². The summed E-state index contributed by atoms with van der Waals surface area (Å²) in [5.74, 6) is -1.30. The summed E-state index contributed by atoms with van der Waals surface area (Å²) in [6.45, 7) is 1.43. The Bertz CT molecular complexity index is 840. The molecule has 0 saturated heterocycles. The van der Waals surface area contributed by atoms with Crippen LogP contribution in [0.1, 0.15) is 34.8 Å². The molecule has 2 aromatic carbocycles. The first-order valence-electron chi connectivity index (χ1n) is 7.64. The zero-order valence-electron chi connectivity index (χ0n) is 13.8. The highest BCUT2D eigenvalue weighted by Gasteiger charge is 2.33. The van der Waals surface area contributed by atoms with Crippen LogP contribution in [0.4, 0.5) is 13.2 Å². The number of carbonyl (C=O) groups is 2. The Morgan fingerprint density at radius 1 is 1.00 bits per heavy atom. The van der Waals surface area contributed by atoms with E-state index >= 15 is 0 Å². The quantitative estimate of drug-likeness (QED) is 0.901. The molecule has 2 rings (SSSR count). The third kappa shape index (κ3) is 4.48. The largest absolute Gasteiger partial charge is 0.416 e. The van der Waals surface area contributed by atoms with Gasteiger partial charge in [0.2, 0.25) is 5.91 Å². The first kappa shape index (κ1) is 19.2. The summed E-state index contributed by atoms with van der Waals surface area (Å²) in [4.78, 5) is 24.1. The van der Waals surface area contributed by atoms with Gasteiger partial charge in [0.05, 0.1) is 17.0 Å². The van der Waals surface area contributed by atoms with E-state index in [1.807, 2.05) is 6.07 Å². The van der Waals surface area contributed by atoms with E-state index in [2.05, 4.69) is 5.32 Å². The summed E-state index contributed by atoms with van der Waals surface area (Å²) in [6.07, 6.45) is -4.85. The molecule has 0 aromatic heterocycles. The fourth-order valence-electron chi connectivity index (χ4n) is 2.39. The minimum absolute atomic E-state index is 0.260. The second kappa shape index (κ2) is 7.40. The number of nitriles is 1. The summed E-state index contributed by atoms with van der Waals surface area (Å²) >= 11 is 0. The normalized spacial score (nSPS) is 13.3. The van der Waals surface area contributed by atoms with Gasteiger partial charge in [-0.25, -0.2) is 0 Å². The number of nitrogens with one attached hydrogen (secondary N) is 1. The van der Waals surface area contributed by atoms with E-state index in [4.69, 9.17) is 0 Å². The number of carbonyl (C=O) groups excluding carboxylic acids is 2. The van der Waals surface area contributed by atoms with Gasteiger partial charge in [-0.1, -0.05) is 30.3 Å². The molecule has 0 bridgehead atoms. The fraction of sp³-hybridized carbons (Fsp3) is 0.211. The molecule has 0 heterocycles. The number of hydrogen-bond donors (Lipinski definition) is 1. The smallest absolute Gasteiger partial charge is 0.292 e. The molecule has 0 spiro atoms. The van der Waals surface area contributed by atoms with Crippen molar-refractivity contribution in [2.75, 3.05) is 0 Å². The average Bonchev–Trinajstić information content (AvgIpc) is 2.61. The van der Waals surface area contributed by atoms with E-state index in [9.17, 15) is 28.0 Å². The molecular formula is C19H15F3N2O2. The minimum atomic E-state index is -4.49. The first-order chi connectivity index (χ1) is 12.2. The summed E-state index contributed by atoms with van der Waals surface area (Å²) in [5.41, 5.74) is -1.67. The molecule has 0 unspecified atom stereocenters. The maximum absolute atomic E-state index is 12.6. The molecule has 2 amide bonds. The molecule has 1 N–H and O–H groups in total. The van der Waals surface area contributed by atoms with Crippen LogP contribution in [0.2, 0.25) is 0 Å². The number of nitrogens with zero attached hydrogens (tertiary/aromatic N) is 1. The third-order valence-electron chi connectivity index (χ3n) is 3.90. The maximum Gasteiger partial charge on any atom is 0.416 e. The van der Waals surface area contributed by atoms with Gasteiger partial charge in [-0.2, -0.15) is 18.4 Å². The molecule has 0 aliphatic carbocycles. The lowest BCUT2D eigenvalue weighted by Crippen LogP contribution is -2.35. The second-order valence-electron chi connectivity index (χ2n) is 5.94. The van der Waals surface area contributed by atoms with Gasteiger partial charge in [0, 0.05) is 12.0 Å². The second-order valence-corrected chi connectivity index (χ2v) is 5.94. The molecule has 7 heteroatoms. The van der Waals surface area contributed by atoms with Crippen LogP contribution >= 0.6 is 0 Å². The van der Waals surface area contributed by atoms with Crippen molar-refractivity contribution < 1.29 is 22.8 Å². The predicted molar refractivity (Wildman–Crippen MR) is 87.9 cm³/mol. The van der Waals surface area contributed by atoms with Crippen molar-refractivity contribution in [3.05, 3.63) is 71.3 Å². The number of benzene rings is 2. The van der Waals surface area contributed by atoms with E-state index in [0.717, 1.165) is 12.1 Å². The van der Waals surface area contributed by atoms with Crippen LogP contribution in [0.5, 0.6) is 0 Å². The van der Waals surface area contributed by atoms with Crippen molar-refractivity contribution in [3.63, 3.8) is 0 Å². The average molecular weight is 360 g/mol. The zero-order valence-corrected chi connectivity index (χ0v) is 13.8. The van der Waals surface area contributed by atoms with Crippen molar-refractivity contribution in [2.24, 2.45) is 0 Å². The van der Waals surface area contributed by atoms with Gasteiger partial charge in [0.15, 0.2) is 0 Å². The van der Waals surface area contributed by atoms with Crippen LogP contribution in [0.15, 0.2) is 54.6 Å². The van der Waals surface area contributed by atoms with Gasteiger partial charge in [0.25, 0.3) is 5.91 Å². The van der Waals surface area contributed by atoms with Gasteiger partial charge in [-0.15, -0.1) is 0 Å². The molecule has 0 fully saturated rings. The van der Waals surface area contributed by atoms with Crippen LogP contribution in [-0.4, -0.2) is 11.8 Å². The van der Waals surface area contributed by atoms with Crippen molar-refractivity contribution in [3.8, 4) is 6.07 Å². The van der Waals surface area contributed by atoms with Crippen molar-refractivity contribution in [1.82, 2.24) is 5.32 Å². The highest BCUT2D eigenvalue weighted by atomic mass is 19.4. The molecular weight excluding hydrogens is 345 g/mol. The molecule has 4 nitrogen and oxygen atoms in total. The topological polar surface area (TPSA) is 70.0 Å². The molecule has 0 saturated carbocycles. The van der Waals surface area contributed by atoms with Gasteiger partial charge < -0.3 is 0 Å². The van der Waals surface area contributed by atoms with E-state index in [-0.39, 0.29) is 17.5 Å². The number of alkyl halides is 3. The Morgan fingerprint density at radius 3 is 2.04 bits per heavy atom. The van der Waals surface area contributed by atoms with E-state index in [1.54, 1.807) is 18.2 Å². The van der Waals surface area contributed by atoms with Crippen molar-refractivity contribution in [1.29, 1.82) is 5.26 Å². The Balaban J connectivity index is 2.13. The molecule has 0 aliphatic heterocycles. The van der Waals surface area contributed by atoms with Crippen LogP contribution in [0, 0.1) is 11.3 Å². The Morgan fingerprint density at radius 2 is 1.54 bits per heavy atom. The SMILES string of the molecule is C[C@@](C#N)(CC(=O)NC(=O)c1ccccc1)c1ccc(C(F)(F)F)cc1. The lowest BCUT2D eigenvalue weighted by atomic mass is 9.80. The van der Waals surface area contributed by atoms with Crippen LogP contribution < -0.4 is 5.32 Å². The van der Waals surface area contributed by atoms with Gasteiger partial charge in [-0.05, 0) is 36.8 Å². The number of amides is 2. The van der Waals surface area contributed by atoms with Gasteiger partial charge in [-0.3, -0.25) is 14.9 Å². The van der Waals surface area contributed by atoms with Crippen LogP contribution in [0.3, 0.4) is 0 Å². The lowest BCUT2D eigenvalue weighted by molar-refractivity contribution is -0.137. The number of hydrogen-bond acceptors (Lipinski definition) is 3. The Kier molecular flexibility index (Phi) is 5.46. The maximum atomic E-state index is 12.6. The summed E-state index contributed by atoms with van der Waals surface area (Å²) < 4.78 is 37.9. The Hall–Kier alpha value is -3.14. The van der Waals surface area contributed by atoms with Gasteiger partial charge in [0.1, 0.15) is 0 Å². The number of rotatable bonds is 4. The summed E-state index contributed by atoms with van der Waals surface area (Å²) in [5, 5.41) is 11.6. The summed E-state index contributed by atoms with van der Waals surface area (Å²) in [7, 11) is 0. The lowest BCUT2D eigenvalue weighted by Gasteiger charge is -2.22. The van der Waals surface area contributed by atoms with Crippen LogP contribution in [-0.2, 0) is 16.4 Å². The summed E-state index contributed by atoms with van der Waals surface area (Å²) in [6, 6.07) is 14.0. The van der Waals surface area contributed by atoms with Crippen molar-refractivity contribution >= 4 is 11.8 Å². The molecule has 0 aliphatic rings. The fourth-order valence-corrected chi connectivity index (χ4v) is 2.39. The predicted octanol–water partition coefficient (Wildman–Crippen LogP) is 3.83. The molecule has 134 valence electrons. The first-order valence-corrected chi connectivity index (χ1v) is 7.64. The number of imide groups is 1. The van der Waals surface area contributed by atoms with E-state index < -0.39 is 29.0 Å². The third-order valence-corrected chi connectivity index (χ3v) is 3.90. The zero-order chi connectivity index (χ0) is 19.4. The highest BCUT2D eigenvalue weighted by Crippen LogP contribution is 2.32. The minimum Gasteiger partial charge on any atom is -0.292 e. The molecule has 2 aromatic rings. The van der Waals surface area contributed by atoms with E-state index in [1.165, 1.54) is 31.2 Å². The molecule has 1 atom stereocenters. The standard InChI is InChI=1S/C19H15F3N2O2/c1-18(12-23,14-7-9-15(10-8-14)19(20,21)22)11-16(25)24-17(26)13-5-3-2-4-6-13/h2-10H,11H2,1H3,(H,24,25,26)/t18-/m0/s1.